The van der Waals surface area contributed by atoms with Crippen LogP contribution in [0.3, 0.4) is 0 Å². The first-order valence-electron chi connectivity index (χ1n) is 3.22. The summed E-state index contributed by atoms with van der Waals surface area (Å²) in [7, 11) is 1.58. The number of rotatable bonds is 2. The lowest BCUT2D eigenvalue weighted by molar-refractivity contribution is 0.410. The summed E-state index contributed by atoms with van der Waals surface area (Å²) in [6.07, 6.45) is 3.62. The van der Waals surface area contributed by atoms with Gasteiger partial charge in [-0.3, -0.25) is 4.98 Å². The highest BCUT2D eigenvalue weighted by atomic mass is 16.5. The van der Waals surface area contributed by atoms with Crippen LogP contribution in [0.1, 0.15) is 5.56 Å². The molecular formula is C8H8N2O. The number of hydrogen-bond acceptors (Lipinski definition) is 3. The van der Waals surface area contributed by atoms with E-state index in [0.717, 1.165) is 11.3 Å². The molecule has 56 valence electrons. The van der Waals surface area contributed by atoms with E-state index < -0.39 is 0 Å². The van der Waals surface area contributed by atoms with Gasteiger partial charge in [0.1, 0.15) is 5.75 Å². The molecule has 0 aliphatic heterocycles. The van der Waals surface area contributed by atoms with Crippen molar-refractivity contribution in [2.75, 3.05) is 7.11 Å². The molecule has 0 bridgehead atoms. The van der Waals surface area contributed by atoms with Crippen molar-refractivity contribution in [1.82, 2.24) is 4.98 Å². The third kappa shape index (κ3) is 1.68. The van der Waals surface area contributed by atoms with Gasteiger partial charge in [-0.1, -0.05) is 0 Å². The highest BCUT2D eigenvalue weighted by Crippen LogP contribution is 2.15. The molecule has 0 N–H and O–H groups in total. The molecule has 0 unspecified atom stereocenters. The lowest BCUT2D eigenvalue weighted by atomic mass is 10.2. The quantitative estimate of drug-likeness (QED) is 0.632. The van der Waals surface area contributed by atoms with Crippen LogP contribution in [0.4, 0.5) is 0 Å². The van der Waals surface area contributed by atoms with E-state index in [0.29, 0.717) is 6.42 Å². The Morgan fingerprint density at radius 3 is 3.18 bits per heavy atom. The Morgan fingerprint density at radius 1 is 1.73 bits per heavy atom. The van der Waals surface area contributed by atoms with Crippen LogP contribution >= 0.6 is 0 Å². The molecule has 0 fully saturated rings. The van der Waals surface area contributed by atoms with Gasteiger partial charge in [-0.25, -0.2) is 0 Å². The Bertz CT molecular complexity index is 278. The predicted molar refractivity (Wildman–Crippen MR) is 40.1 cm³/mol. The molecule has 0 aliphatic rings. The average Bonchev–Trinajstić information content (AvgIpc) is 2.06. The van der Waals surface area contributed by atoms with Crippen molar-refractivity contribution in [2.45, 2.75) is 6.42 Å². The fraction of sp³-hybridized carbons (Fsp3) is 0.250. The molecule has 0 atom stereocenters. The first kappa shape index (κ1) is 7.55. The lowest BCUT2D eigenvalue weighted by Gasteiger charge is -2.02. The first-order valence-corrected chi connectivity index (χ1v) is 3.22. The van der Waals surface area contributed by atoms with Crippen LogP contribution < -0.4 is 4.74 Å². The van der Waals surface area contributed by atoms with Crippen LogP contribution in [0.5, 0.6) is 5.75 Å². The Morgan fingerprint density at radius 2 is 2.55 bits per heavy atom. The van der Waals surface area contributed by atoms with E-state index >= 15 is 0 Å². The molecule has 0 spiro atoms. The van der Waals surface area contributed by atoms with Crippen LogP contribution in [0, 0.1) is 11.3 Å². The number of nitriles is 1. The maximum Gasteiger partial charge on any atom is 0.126 e. The second-order valence-corrected chi connectivity index (χ2v) is 2.02. The Hall–Kier alpha value is -1.56. The van der Waals surface area contributed by atoms with Gasteiger partial charge in [0.25, 0.3) is 0 Å². The van der Waals surface area contributed by atoms with Crippen molar-refractivity contribution in [1.29, 1.82) is 5.26 Å². The van der Waals surface area contributed by atoms with Gasteiger partial charge in [0, 0.05) is 18.0 Å². The smallest absolute Gasteiger partial charge is 0.126 e. The Labute approximate surface area is 65.3 Å². The molecular weight excluding hydrogens is 140 g/mol. The summed E-state index contributed by atoms with van der Waals surface area (Å²) < 4.78 is 5.01. The van der Waals surface area contributed by atoms with Crippen LogP contribution in [-0.4, -0.2) is 12.1 Å². The minimum absolute atomic E-state index is 0.344. The topological polar surface area (TPSA) is 45.9 Å². The summed E-state index contributed by atoms with van der Waals surface area (Å²) >= 11 is 0. The zero-order chi connectivity index (χ0) is 8.10. The second kappa shape index (κ2) is 3.57. The molecule has 11 heavy (non-hydrogen) atoms. The van der Waals surface area contributed by atoms with Crippen LogP contribution in [0.15, 0.2) is 18.5 Å². The highest BCUT2D eigenvalue weighted by Gasteiger charge is 1.99. The van der Waals surface area contributed by atoms with E-state index in [4.69, 9.17) is 10.00 Å². The number of aromatic nitrogens is 1. The second-order valence-electron chi connectivity index (χ2n) is 2.02. The van der Waals surface area contributed by atoms with Crippen LogP contribution in [-0.2, 0) is 6.42 Å². The molecule has 1 aromatic heterocycles. The van der Waals surface area contributed by atoms with Crippen LogP contribution in [0.2, 0.25) is 0 Å². The summed E-state index contributed by atoms with van der Waals surface area (Å²) in [6.45, 7) is 0. The molecule has 1 rings (SSSR count). The Balaban J connectivity index is 2.94. The standard InChI is InChI=1S/C8H8N2O/c1-11-8-3-5-10-6-7(8)2-4-9/h3,5-6H,2H2,1H3. The largest absolute Gasteiger partial charge is 0.496 e. The van der Waals surface area contributed by atoms with Gasteiger partial charge in [-0.15, -0.1) is 0 Å². The SMILES string of the molecule is COc1ccncc1CC#N. The van der Waals surface area contributed by atoms with Gasteiger partial charge in [0.15, 0.2) is 0 Å². The van der Waals surface area contributed by atoms with E-state index in [1.54, 1.807) is 25.6 Å². The van der Waals surface area contributed by atoms with Crippen LogP contribution in [0.25, 0.3) is 0 Å². The zero-order valence-electron chi connectivity index (χ0n) is 6.24. The monoisotopic (exact) mass is 148 g/mol. The third-order valence-electron chi connectivity index (χ3n) is 1.35. The van der Waals surface area contributed by atoms with Gasteiger partial charge in [-0.2, -0.15) is 5.26 Å². The maximum absolute atomic E-state index is 8.41. The van der Waals surface area contributed by atoms with E-state index in [1.807, 2.05) is 6.07 Å². The lowest BCUT2D eigenvalue weighted by Crippen LogP contribution is -1.91. The molecule has 3 heteroatoms. The van der Waals surface area contributed by atoms with Crippen molar-refractivity contribution in [2.24, 2.45) is 0 Å². The number of hydrogen-bond donors (Lipinski definition) is 0. The van der Waals surface area contributed by atoms with Gasteiger partial charge in [-0.05, 0) is 6.07 Å². The van der Waals surface area contributed by atoms with E-state index in [1.165, 1.54) is 0 Å². The predicted octanol–water partition coefficient (Wildman–Crippen LogP) is 1.16. The van der Waals surface area contributed by atoms with E-state index in [-0.39, 0.29) is 0 Å². The van der Waals surface area contributed by atoms with Gasteiger partial charge in [0.05, 0.1) is 19.6 Å². The normalized spacial score (nSPS) is 8.73. The Kier molecular flexibility index (Phi) is 2.45. The molecule has 0 saturated heterocycles. The minimum atomic E-state index is 0.344. The third-order valence-corrected chi connectivity index (χ3v) is 1.35. The van der Waals surface area contributed by atoms with E-state index in [2.05, 4.69) is 4.98 Å². The number of pyridine rings is 1. The molecule has 0 amide bonds. The summed E-state index contributed by atoms with van der Waals surface area (Å²) in [5, 5.41) is 8.41. The fourth-order valence-corrected chi connectivity index (χ4v) is 0.831. The number of nitrogens with zero attached hydrogens (tertiary/aromatic N) is 2. The molecule has 1 heterocycles. The first-order chi connectivity index (χ1) is 5.38. The summed E-state index contributed by atoms with van der Waals surface area (Å²) in [5.74, 6) is 0.724. The van der Waals surface area contributed by atoms with Gasteiger partial charge < -0.3 is 4.74 Å². The zero-order valence-corrected chi connectivity index (χ0v) is 6.24. The summed E-state index contributed by atoms with van der Waals surface area (Å²) in [6, 6.07) is 3.78. The van der Waals surface area contributed by atoms with Crippen molar-refractivity contribution in [3.63, 3.8) is 0 Å². The summed E-state index contributed by atoms with van der Waals surface area (Å²) in [4.78, 5) is 3.88. The van der Waals surface area contributed by atoms with Crippen molar-refractivity contribution in [3.8, 4) is 11.8 Å². The number of ether oxygens (including phenoxy) is 1. The maximum atomic E-state index is 8.41. The van der Waals surface area contributed by atoms with Crippen molar-refractivity contribution >= 4 is 0 Å². The minimum Gasteiger partial charge on any atom is -0.496 e. The molecule has 1 aromatic rings. The van der Waals surface area contributed by atoms with Crippen molar-refractivity contribution in [3.05, 3.63) is 24.0 Å². The fourth-order valence-electron chi connectivity index (χ4n) is 0.831. The highest BCUT2D eigenvalue weighted by molar-refractivity contribution is 5.31. The average molecular weight is 148 g/mol. The molecule has 0 aliphatic carbocycles. The van der Waals surface area contributed by atoms with Crippen molar-refractivity contribution < 1.29 is 4.74 Å². The number of methoxy groups -OCH3 is 1. The van der Waals surface area contributed by atoms with Gasteiger partial charge in [0.2, 0.25) is 0 Å². The molecule has 0 radical (unpaired) electrons. The molecule has 0 saturated carbocycles. The van der Waals surface area contributed by atoms with Gasteiger partial charge >= 0.3 is 0 Å². The molecule has 0 aromatic carbocycles. The summed E-state index contributed by atoms with van der Waals surface area (Å²) in [5.41, 5.74) is 0.831. The molecule has 3 nitrogen and oxygen atoms in total. The van der Waals surface area contributed by atoms with E-state index in [9.17, 15) is 0 Å².